The second kappa shape index (κ2) is 5.55. The minimum atomic E-state index is -0.712. The fourth-order valence-corrected chi connectivity index (χ4v) is 1.20. The van der Waals surface area contributed by atoms with Gasteiger partial charge in [0.1, 0.15) is 11.6 Å². The van der Waals surface area contributed by atoms with E-state index in [2.05, 4.69) is 5.32 Å². The molecule has 88 valence electrons. The molecule has 1 atom stereocenters. The average Bonchev–Trinajstić information content (AvgIpc) is 2.21. The Labute approximate surface area is 92.6 Å². The third-order valence-electron chi connectivity index (χ3n) is 2.02. The quantitative estimate of drug-likeness (QED) is 0.806. The highest BCUT2D eigenvalue weighted by Crippen LogP contribution is 2.12. The summed E-state index contributed by atoms with van der Waals surface area (Å²) >= 11 is 0. The molecular formula is C11H14F2N2O. The Morgan fingerprint density at radius 2 is 2.00 bits per heavy atom. The highest BCUT2D eigenvalue weighted by Gasteiger charge is 2.12. The average molecular weight is 228 g/mol. The summed E-state index contributed by atoms with van der Waals surface area (Å²) in [7, 11) is 0. The molecule has 1 unspecified atom stereocenters. The molecule has 3 nitrogen and oxygen atoms in total. The summed E-state index contributed by atoms with van der Waals surface area (Å²) in [4.78, 5) is 11.3. The van der Waals surface area contributed by atoms with Crippen LogP contribution >= 0.6 is 0 Å². The maximum atomic E-state index is 13.2. The molecule has 0 spiro atoms. The first-order valence-electron chi connectivity index (χ1n) is 4.96. The molecule has 0 radical (unpaired) electrons. The van der Waals surface area contributed by atoms with Gasteiger partial charge >= 0.3 is 0 Å². The molecule has 0 heterocycles. The molecule has 0 aliphatic rings. The van der Waals surface area contributed by atoms with Gasteiger partial charge in [0, 0.05) is 18.2 Å². The molecule has 16 heavy (non-hydrogen) atoms. The van der Waals surface area contributed by atoms with Crippen molar-refractivity contribution in [3.8, 4) is 0 Å². The summed E-state index contributed by atoms with van der Waals surface area (Å²) in [5.74, 6) is -1.87. The fraction of sp³-hybridized carbons (Fsp3) is 0.364. The number of benzene rings is 1. The molecular weight excluding hydrogens is 214 g/mol. The third-order valence-corrected chi connectivity index (χ3v) is 2.02. The van der Waals surface area contributed by atoms with Crippen molar-refractivity contribution in [3.63, 3.8) is 0 Å². The molecule has 0 saturated carbocycles. The number of amides is 1. The zero-order valence-electron chi connectivity index (χ0n) is 8.97. The topological polar surface area (TPSA) is 55.1 Å². The van der Waals surface area contributed by atoms with Crippen LogP contribution in [0.5, 0.6) is 0 Å². The standard InChI is InChI=1S/C11H14F2N2O/c1-7(14)6-15-11(16)5-8-9(12)3-2-4-10(8)13/h2-4,7H,5-6,14H2,1H3,(H,15,16). The van der Waals surface area contributed by atoms with Crippen LogP contribution in [0.4, 0.5) is 8.78 Å². The number of nitrogens with two attached hydrogens (primary N) is 1. The van der Waals surface area contributed by atoms with Crippen LogP contribution in [0.3, 0.4) is 0 Å². The minimum Gasteiger partial charge on any atom is -0.354 e. The van der Waals surface area contributed by atoms with Crippen LogP contribution in [0.15, 0.2) is 18.2 Å². The number of hydrogen-bond acceptors (Lipinski definition) is 2. The van der Waals surface area contributed by atoms with Gasteiger partial charge in [0.05, 0.1) is 6.42 Å². The number of carbonyl (C=O) groups excluding carboxylic acids is 1. The van der Waals surface area contributed by atoms with Gasteiger partial charge in [0.15, 0.2) is 0 Å². The van der Waals surface area contributed by atoms with E-state index in [1.807, 2.05) is 0 Å². The van der Waals surface area contributed by atoms with Crippen molar-refractivity contribution in [3.05, 3.63) is 35.4 Å². The third kappa shape index (κ3) is 3.58. The second-order valence-electron chi connectivity index (χ2n) is 3.66. The first-order chi connectivity index (χ1) is 7.50. The summed E-state index contributed by atoms with van der Waals surface area (Å²) in [6.07, 6.45) is -0.314. The normalized spacial score (nSPS) is 12.2. The first-order valence-corrected chi connectivity index (χ1v) is 4.96. The van der Waals surface area contributed by atoms with Crippen molar-refractivity contribution >= 4 is 5.91 Å². The molecule has 1 amide bonds. The van der Waals surface area contributed by atoms with E-state index in [4.69, 9.17) is 5.73 Å². The van der Waals surface area contributed by atoms with E-state index in [-0.39, 0.29) is 24.6 Å². The molecule has 0 aliphatic carbocycles. The minimum absolute atomic E-state index is 0.186. The lowest BCUT2D eigenvalue weighted by Gasteiger charge is -2.08. The monoisotopic (exact) mass is 228 g/mol. The highest BCUT2D eigenvalue weighted by atomic mass is 19.1. The van der Waals surface area contributed by atoms with Gasteiger partial charge in [-0.15, -0.1) is 0 Å². The van der Waals surface area contributed by atoms with Gasteiger partial charge in [-0.2, -0.15) is 0 Å². The maximum Gasteiger partial charge on any atom is 0.224 e. The summed E-state index contributed by atoms with van der Waals surface area (Å²) in [6, 6.07) is 3.32. The van der Waals surface area contributed by atoms with Gasteiger partial charge in [-0.05, 0) is 19.1 Å². The van der Waals surface area contributed by atoms with Gasteiger partial charge in [0.2, 0.25) is 5.91 Å². The van der Waals surface area contributed by atoms with Crippen molar-refractivity contribution in [1.82, 2.24) is 5.32 Å². The van der Waals surface area contributed by atoms with E-state index < -0.39 is 17.5 Å². The lowest BCUT2D eigenvalue weighted by Crippen LogP contribution is -2.36. The number of nitrogens with one attached hydrogen (secondary N) is 1. The van der Waals surface area contributed by atoms with Crippen molar-refractivity contribution in [2.24, 2.45) is 5.73 Å². The second-order valence-corrected chi connectivity index (χ2v) is 3.66. The number of carbonyl (C=O) groups is 1. The number of rotatable bonds is 4. The summed E-state index contributed by atoms with van der Waals surface area (Å²) < 4.78 is 26.3. The zero-order valence-corrected chi connectivity index (χ0v) is 8.97. The first kappa shape index (κ1) is 12.6. The van der Waals surface area contributed by atoms with Crippen LogP contribution < -0.4 is 11.1 Å². The van der Waals surface area contributed by atoms with E-state index in [0.717, 1.165) is 12.1 Å². The van der Waals surface area contributed by atoms with Gasteiger partial charge in [-0.3, -0.25) is 4.79 Å². The van der Waals surface area contributed by atoms with Gasteiger partial charge in [-0.1, -0.05) is 6.07 Å². The fourth-order valence-electron chi connectivity index (χ4n) is 1.20. The van der Waals surface area contributed by atoms with E-state index in [9.17, 15) is 13.6 Å². The highest BCUT2D eigenvalue weighted by molar-refractivity contribution is 5.78. The molecule has 0 aromatic heterocycles. The Balaban J connectivity index is 2.63. The largest absolute Gasteiger partial charge is 0.354 e. The summed E-state index contributed by atoms with van der Waals surface area (Å²) in [5, 5.41) is 2.49. The number of hydrogen-bond donors (Lipinski definition) is 2. The Hall–Kier alpha value is -1.49. The molecule has 1 rings (SSSR count). The summed E-state index contributed by atoms with van der Waals surface area (Å²) in [5.41, 5.74) is 5.21. The molecule has 0 saturated heterocycles. The van der Waals surface area contributed by atoms with E-state index >= 15 is 0 Å². The van der Waals surface area contributed by atoms with Crippen molar-refractivity contribution < 1.29 is 13.6 Å². The Morgan fingerprint density at radius 3 is 2.50 bits per heavy atom. The Bertz CT molecular complexity index is 360. The van der Waals surface area contributed by atoms with Gasteiger partial charge in [-0.25, -0.2) is 8.78 Å². The lowest BCUT2D eigenvalue weighted by molar-refractivity contribution is -0.120. The van der Waals surface area contributed by atoms with Gasteiger partial charge in [0.25, 0.3) is 0 Å². The van der Waals surface area contributed by atoms with Crippen LogP contribution in [-0.4, -0.2) is 18.5 Å². The van der Waals surface area contributed by atoms with E-state index in [1.54, 1.807) is 6.92 Å². The van der Waals surface area contributed by atoms with E-state index in [0.29, 0.717) is 0 Å². The van der Waals surface area contributed by atoms with Crippen LogP contribution in [-0.2, 0) is 11.2 Å². The van der Waals surface area contributed by atoms with Crippen LogP contribution in [0.1, 0.15) is 12.5 Å². The predicted molar refractivity (Wildman–Crippen MR) is 56.7 cm³/mol. The number of halogens is 2. The molecule has 1 aromatic rings. The van der Waals surface area contributed by atoms with Crippen LogP contribution in [0, 0.1) is 11.6 Å². The summed E-state index contributed by atoms with van der Waals surface area (Å²) in [6.45, 7) is 2.01. The molecule has 0 fully saturated rings. The molecule has 0 aliphatic heterocycles. The predicted octanol–water partition coefficient (Wildman–Crippen LogP) is 0.971. The van der Waals surface area contributed by atoms with Gasteiger partial charge < -0.3 is 11.1 Å². The molecule has 5 heteroatoms. The van der Waals surface area contributed by atoms with Crippen LogP contribution in [0.2, 0.25) is 0 Å². The Kier molecular flexibility index (Phi) is 4.37. The maximum absolute atomic E-state index is 13.2. The lowest BCUT2D eigenvalue weighted by atomic mass is 10.1. The van der Waals surface area contributed by atoms with E-state index in [1.165, 1.54) is 6.07 Å². The van der Waals surface area contributed by atoms with Crippen molar-refractivity contribution in [2.45, 2.75) is 19.4 Å². The SMILES string of the molecule is CC(N)CNC(=O)Cc1c(F)cccc1F. The molecule has 3 N–H and O–H groups in total. The molecule has 0 bridgehead atoms. The van der Waals surface area contributed by atoms with Crippen LogP contribution in [0.25, 0.3) is 0 Å². The van der Waals surface area contributed by atoms with Crippen molar-refractivity contribution in [1.29, 1.82) is 0 Å². The van der Waals surface area contributed by atoms with Crippen molar-refractivity contribution in [2.75, 3.05) is 6.54 Å². The Morgan fingerprint density at radius 1 is 1.44 bits per heavy atom. The smallest absolute Gasteiger partial charge is 0.224 e. The zero-order chi connectivity index (χ0) is 12.1. The molecule has 1 aromatic carbocycles.